The largest absolute Gasteiger partial charge is 0.393 e. The van der Waals surface area contributed by atoms with Crippen molar-refractivity contribution < 1.29 is 17.9 Å². The molecule has 0 saturated carbocycles. The molecule has 0 fully saturated rings. The number of rotatable bonds is 6. The fourth-order valence-corrected chi connectivity index (χ4v) is 2.66. The van der Waals surface area contributed by atoms with Crippen molar-refractivity contribution in [2.24, 2.45) is 0 Å². The molecule has 1 atom stereocenters. The number of aliphatic hydroxyl groups excluding tert-OH is 1. The number of nitrogens with zero attached hydrogens (tertiary/aromatic N) is 1. The van der Waals surface area contributed by atoms with Crippen LogP contribution in [0, 0.1) is 5.82 Å². The highest BCUT2D eigenvalue weighted by Gasteiger charge is 2.18. The Hall–Kier alpha value is -0.980. The number of sulfonamides is 1. The van der Waals surface area contributed by atoms with Gasteiger partial charge in [0, 0.05) is 13.6 Å². The minimum Gasteiger partial charge on any atom is -0.393 e. The van der Waals surface area contributed by atoms with E-state index in [4.69, 9.17) is 5.11 Å². The smallest absolute Gasteiger partial charge is 0.218 e. The maximum Gasteiger partial charge on any atom is 0.218 e. The van der Waals surface area contributed by atoms with Gasteiger partial charge >= 0.3 is 0 Å². The number of aliphatic hydroxyl groups is 1. The predicted molar refractivity (Wildman–Crippen MR) is 68.0 cm³/mol. The molecule has 0 aliphatic heterocycles. The third kappa shape index (κ3) is 4.72. The zero-order chi connectivity index (χ0) is 13.8. The molecule has 1 rings (SSSR count). The minimum atomic E-state index is -3.47. The molecule has 0 radical (unpaired) electrons. The van der Waals surface area contributed by atoms with Gasteiger partial charge in [-0.2, -0.15) is 0 Å². The molecule has 0 aliphatic carbocycles. The molecule has 18 heavy (non-hydrogen) atoms. The first-order valence-electron chi connectivity index (χ1n) is 5.68. The van der Waals surface area contributed by atoms with Gasteiger partial charge in [-0.05, 0) is 31.0 Å². The van der Waals surface area contributed by atoms with Crippen LogP contribution < -0.4 is 0 Å². The summed E-state index contributed by atoms with van der Waals surface area (Å²) in [7, 11) is -2.01. The second kappa shape index (κ2) is 6.26. The molecule has 6 heteroatoms. The second-order valence-electron chi connectivity index (χ2n) is 4.35. The lowest BCUT2D eigenvalue weighted by atomic mass is 10.2. The topological polar surface area (TPSA) is 57.6 Å². The highest BCUT2D eigenvalue weighted by Crippen LogP contribution is 2.11. The number of benzene rings is 1. The Bertz CT molecular complexity index is 488. The fourth-order valence-electron chi connectivity index (χ4n) is 1.46. The SMILES string of the molecule is CC(O)CCN(C)S(=O)(=O)Cc1cccc(F)c1. The van der Waals surface area contributed by atoms with Crippen LogP contribution in [0.3, 0.4) is 0 Å². The summed E-state index contributed by atoms with van der Waals surface area (Å²) in [5.74, 6) is -0.685. The van der Waals surface area contributed by atoms with Crippen LogP contribution in [0.4, 0.5) is 4.39 Å². The van der Waals surface area contributed by atoms with Crippen LogP contribution >= 0.6 is 0 Å². The van der Waals surface area contributed by atoms with Crippen LogP contribution in [0.5, 0.6) is 0 Å². The van der Waals surface area contributed by atoms with Crippen LogP contribution in [0.2, 0.25) is 0 Å². The highest BCUT2D eigenvalue weighted by molar-refractivity contribution is 7.88. The molecular weight excluding hydrogens is 257 g/mol. The molecule has 0 amide bonds. The van der Waals surface area contributed by atoms with Crippen molar-refractivity contribution in [1.82, 2.24) is 4.31 Å². The van der Waals surface area contributed by atoms with Crippen molar-refractivity contribution in [3.05, 3.63) is 35.6 Å². The monoisotopic (exact) mass is 275 g/mol. The van der Waals surface area contributed by atoms with Gasteiger partial charge in [-0.3, -0.25) is 0 Å². The quantitative estimate of drug-likeness (QED) is 0.853. The molecule has 0 spiro atoms. The summed E-state index contributed by atoms with van der Waals surface area (Å²) in [5.41, 5.74) is 0.416. The summed E-state index contributed by atoms with van der Waals surface area (Å²) in [6, 6.07) is 5.53. The average Bonchev–Trinajstić information content (AvgIpc) is 2.25. The van der Waals surface area contributed by atoms with E-state index in [1.807, 2.05) is 0 Å². The van der Waals surface area contributed by atoms with Gasteiger partial charge in [-0.25, -0.2) is 17.1 Å². The van der Waals surface area contributed by atoms with E-state index >= 15 is 0 Å². The summed E-state index contributed by atoms with van der Waals surface area (Å²) < 4.78 is 38.0. The van der Waals surface area contributed by atoms with E-state index in [9.17, 15) is 12.8 Å². The number of hydrogen-bond donors (Lipinski definition) is 1. The van der Waals surface area contributed by atoms with Gasteiger partial charge in [-0.15, -0.1) is 0 Å². The van der Waals surface area contributed by atoms with Crippen LogP contribution in [-0.4, -0.2) is 37.5 Å². The molecular formula is C12H18FNO3S. The first-order chi connectivity index (χ1) is 8.31. The Morgan fingerprint density at radius 1 is 1.44 bits per heavy atom. The second-order valence-corrected chi connectivity index (χ2v) is 6.42. The first-order valence-corrected chi connectivity index (χ1v) is 7.28. The summed E-state index contributed by atoms with van der Waals surface area (Å²) in [6.45, 7) is 1.85. The maximum absolute atomic E-state index is 13.0. The predicted octanol–water partition coefficient (Wildman–Crippen LogP) is 1.36. The van der Waals surface area contributed by atoms with Crippen molar-refractivity contribution in [3.63, 3.8) is 0 Å². The van der Waals surface area contributed by atoms with Crippen molar-refractivity contribution in [2.75, 3.05) is 13.6 Å². The lowest BCUT2D eigenvalue weighted by Gasteiger charge is -2.17. The third-order valence-electron chi connectivity index (χ3n) is 2.57. The molecule has 102 valence electrons. The van der Waals surface area contributed by atoms with Crippen LogP contribution in [-0.2, 0) is 15.8 Å². The van der Waals surface area contributed by atoms with E-state index in [1.165, 1.54) is 29.6 Å². The van der Waals surface area contributed by atoms with Crippen molar-refractivity contribution >= 4 is 10.0 Å². The molecule has 1 unspecified atom stereocenters. The van der Waals surface area contributed by atoms with Gasteiger partial charge in [0.25, 0.3) is 0 Å². The van der Waals surface area contributed by atoms with Gasteiger partial charge in [0.2, 0.25) is 10.0 Å². The van der Waals surface area contributed by atoms with Crippen molar-refractivity contribution in [1.29, 1.82) is 0 Å². The van der Waals surface area contributed by atoms with Gasteiger partial charge < -0.3 is 5.11 Å². The van der Waals surface area contributed by atoms with Crippen molar-refractivity contribution in [3.8, 4) is 0 Å². The van der Waals surface area contributed by atoms with E-state index in [-0.39, 0.29) is 12.3 Å². The number of halogens is 1. The molecule has 0 saturated heterocycles. The molecule has 0 heterocycles. The van der Waals surface area contributed by atoms with Gasteiger partial charge in [0.1, 0.15) is 5.82 Å². The Kier molecular flexibility index (Phi) is 5.25. The Morgan fingerprint density at radius 3 is 2.67 bits per heavy atom. The fraction of sp³-hybridized carbons (Fsp3) is 0.500. The lowest BCUT2D eigenvalue weighted by molar-refractivity contribution is 0.177. The third-order valence-corrected chi connectivity index (χ3v) is 4.41. The Morgan fingerprint density at radius 2 is 2.11 bits per heavy atom. The van der Waals surface area contributed by atoms with Crippen LogP contribution in [0.15, 0.2) is 24.3 Å². The van der Waals surface area contributed by atoms with Crippen molar-refractivity contribution in [2.45, 2.75) is 25.2 Å². The maximum atomic E-state index is 13.0. The van der Waals surface area contributed by atoms with Gasteiger partial charge in [-0.1, -0.05) is 12.1 Å². The Labute approximate surface area is 107 Å². The summed E-state index contributed by atoms with van der Waals surface area (Å²) in [4.78, 5) is 0. The average molecular weight is 275 g/mol. The van der Waals surface area contributed by atoms with Crippen LogP contribution in [0.25, 0.3) is 0 Å². The minimum absolute atomic E-state index is 0.235. The molecule has 4 nitrogen and oxygen atoms in total. The molecule has 0 bridgehead atoms. The van der Waals surface area contributed by atoms with E-state index in [0.29, 0.717) is 12.0 Å². The van der Waals surface area contributed by atoms with E-state index in [2.05, 4.69) is 0 Å². The summed E-state index contributed by atoms with van der Waals surface area (Å²) >= 11 is 0. The van der Waals surface area contributed by atoms with Gasteiger partial charge in [0.15, 0.2) is 0 Å². The van der Waals surface area contributed by atoms with E-state index < -0.39 is 21.9 Å². The molecule has 0 aliphatic rings. The van der Waals surface area contributed by atoms with Crippen LogP contribution in [0.1, 0.15) is 18.9 Å². The zero-order valence-electron chi connectivity index (χ0n) is 10.5. The summed E-state index contributed by atoms with van der Waals surface area (Å²) in [6.07, 6.45) is -0.171. The molecule has 1 aromatic rings. The number of hydrogen-bond acceptors (Lipinski definition) is 3. The van der Waals surface area contributed by atoms with Gasteiger partial charge in [0.05, 0.1) is 11.9 Å². The molecule has 0 aromatic heterocycles. The van der Waals surface area contributed by atoms with E-state index in [0.717, 1.165) is 0 Å². The zero-order valence-corrected chi connectivity index (χ0v) is 11.3. The molecule has 1 aromatic carbocycles. The lowest BCUT2D eigenvalue weighted by Crippen LogP contribution is -2.30. The first kappa shape index (κ1) is 15.1. The normalized spacial score (nSPS) is 13.8. The summed E-state index contributed by atoms with van der Waals surface area (Å²) in [5, 5.41) is 9.12. The van der Waals surface area contributed by atoms with E-state index in [1.54, 1.807) is 13.0 Å². The standard InChI is InChI=1S/C12H18FNO3S/c1-10(15)6-7-14(2)18(16,17)9-11-4-3-5-12(13)8-11/h3-5,8,10,15H,6-7,9H2,1-2H3. The highest BCUT2D eigenvalue weighted by atomic mass is 32.2. The Balaban J connectivity index is 2.69. The molecule has 1 N–H and O–H groups in total.